The molecule has 2 N–H and O–H groups in total. The molecular weight excluding hydrogens is 298 g/mol. The number of nitrogens with one attached hydrogen (secondary N) is 1. The van der Waals surface area contributed by atoms with Gasteiger partial charge in [-0.3, -0.25) is 4.79 Å². The third-order valence-electron chi connectivity index (χ3n) is 3.23. The Morgan fingerprint density at radius 3 is 2.65 bits per heavy atom. The fraction of sp³-hybridized carbons (Fsp3) is 0.0588. The molecule has 0 bridgehead atoms. The number of carbonyl (C=O) groups is 2. The molecule has 0 spiro atoms. The van der Waals surface area contributed by atoms with Gasteiger partial charge in [0.2, 0.25) is 5.76 Å². The molecular formula is C17H13NO5. The molecule has 0 saturated carbocycles. The maximum Gasteiger partial charge on any atom is 0.371 e. The van der Waals surface area contributed by atoms with E-state index in [1.165, 1.54) is 12.1 Å². The van der Waals surface area contributed by atoms with Crippen LogP contribution < -0.4 is 5.32 Å². The summed E-state index contributed by atoms with van der Waals surface area (Å²) in [6.45, 7) is 0.108. The van der Waals surface area contributed by atoms with Gasteiger partial charge in [-0.25, -0.2) is 4.79 Å². The molecule has 0 unspecified atom stereocenters. The van der Waals surface area contributed by atoms with Crippen LogP contribution in [0.15, 0.2) is 63.6 Å². The largest absolute Gasteiger partial charge is 0.475 e. The standard InChI is InChI=1S/C17H13NO5/c19-16(18-10-13-6-7-15(23-13)17(20)21)12-4-1-3-11(9-12)14-5-2-8-22-14/h1-9H,10H2,(H,18,19)(H,20,21). The maximum absolute atomic E-state index is 12.2. The van der Waals surface area contributed by atoms with Crippen molar-refractivity contribution in [2.24, 2.45) is 0 Å². The lowest BCUT2D eigenvalue weighted by Crippen LogP contribution is -2.22. The number of amides is 1. The quantitative estimate of drug-likeness (QED) is 0.755. The smallest absolute Gasteiger partial charge is 0.371 e. The first-order chi connectivity index (χ1) is 11.1. The second-order valence-corrected chi connectivity index (χ2v) is 4.81. The summed E-state index contributed by atoms with van der Waals surface area (Å²) in [6.07, 6.45) is 1.57. The summed E-state index contributed by atoms with van der Waals surface area (Å²) in [6, 6.07) is 13.5. The van der Waals surface area contributed by atoms with E-state index < -0.39 is 5.97 Å². The summed E-state index contributed by atoms with van der Waals surface area (Å²) < 4.78 is 10.4. The first-order valence-corrected chi connectivity index (χ1v) is 6.87. The Balaban J connectivity index is 1.68. The number of hydrogen-bond donors (Lipinski definition) is 2. The van der Waals surface area contributed by atoms with Crippen molar-refractivity contribution in [1.29, 1.82) is 0 Å². The van der Waals surface area contributed by atoms with Gasteiger partial charge < -0.3 is 19.3 Å². The van der Waals surface area contributed by atoms with E-state index in [4.69, 9.17) is 13.9 Å². The summed E-state index contributed by atoms with van der Waals surface area (Å²) in [5.41, 5.74) is 1.28. The van der Waals surface area contributed by atoms with Gasteiger partial charge in [0.15, 0.2) is 0 Å². The summed E-state index contributed by atoms with van der Waals surface area (Å²) >= 11 is 0. The number of benzene rings is 1. The van der Waals surface area contributed by atoms with Crippen molar-refractivity contribution < 1.29 is 23.5 Å². The Morgan fingerprint density at radius 2 is 1.96 bits per heavy atom. The molecule has 2 heterocycles. The molecule has 6 nitrogen and oxygen atoms in total. The van der Waals surface area contributed by atoms with Gasteiger partial charge in [0.25, 0.3) is 5.91 Å². The van der Waals surface area contributed by atoms with Gasteiger partial charge in [0.1, 0.15) is 11.5 Å². The van der Waals surface area contributed by atoms with Crippen LogP contribution in [0.5, 0.6) is 0 Å². The highest BCUT2D eigenvalue weighted by Gasteiger charge is 2.11. The van der Waals surface area contributed by atoms with Crippen LogP contribution in [-0.2, 0) is 6.54 Å². The van der Waals surface area contributed by atoms with Crippen molar-refractivity contribution in [3.63, 3.8) is 0 Å². The van der Waals surface area contributed by atoms with Crippen molar-refractivity contribution in [3.05, 3.63) is 71.9 Å². The number of furan rings is 2. The average molecular weight is 311 g/mol. The summed E-state index contributed by atoms with van der Waals surface area (Å²) in [4.78, 5) is 22.9. The van der Waals surface area contributed by atoms with Crippen LogP contribution >= 0.6 is 0 Å². The predicted octanol–water partition coefficient (Wildman–Crippen LogP) is 3.17. The predicted molar refractivity (Wildman–Crippen MR) is 81.0 cm³/mol. The van der Waals surface area contributed by atoms with Crippen LogP contribution in [0, 0.1) is 0 Å². The lowest BCUT2D eigenvalue weighted by molar-refractivity contribution is 0.0660. The Bertz CT molecular complexity index is 832. The van der Waals surface area contributed by atoms with Gasteiger partial charge >= 0.3 is 5.97 Å². The first kappa shape index (κ1) is 14.6. The number of aromatic carboxylic acids is 1. The van der Waals surface area contributed by atoms with Crippen LogP contribution in [0.2, 0.25) is 0 Å². The maximum atomic E-state index is 12.2. The monoisotopic (exact) mass is 311 g/mol. The third kappa shape index (κ3) is 3.32. The van der Waals surface area contributed by atoms with Crippen molar-refractivity contribution in [2.45, 2.75) is 6.54 Å². The Kier molecular flexibility index (Phi) is 3.97. The van der Waals surface area contributed by atoms with E-state index in [0.717, 1.165) is 5.56 Å². The molecule has 2 aromatic heterocycles. The zero-order valence-electron chi connectivity index (χ0n) is 12.0. The minimum Gasteiger partial charge on any atom is -0.475 e. The van der Waals surface area contributed by atoms with Crippen LogP contribution in [0.1, 0.15) is 26.7 Å². The number of carboxylic acids is 1. The minimum absolute atomic E-state index is 0.108. The number of carboxylic acid groups (broad SMARTS) is 1. The molecule has 0 radical (unpaired) electrons. The highest BCUT2D eigenvalue weighted by molar-refractivity contribution is 5.95. The SMILES string of the molecule is O=C(NCc1ccc(C(=O)O)o1)c1cccc(-c2ccco2)c1. The minimum atomic E-state index is -1.14. The molecule has 1 amide bonds. The molecule has 116 valence electrons. The number of hydrogen-bond acceptors (Lipinski definition) is 4. The van der Waals surface area contributed by atoms with Gasteiger partial charge in [-0.05, 0) is 36.4 Å². The van der Waals surface area contributed by atoms with Crippen LogP contribution in [0.25, 0.3) is 11.3 Å². The van der Waals surface area contributed by atoms with E-state index in [2.05, 4.69) is 5.32 Å². The molecule has 0 aliphatic carbocycles. The molecule has 0 aliphatic heterocycles. The summed E-state index contributed by atoms with van der Waals surface area (Å²) in [7, 11) is 0. The molecule has 0 atom stereocenters. The highest BCUT2D eigenvalue weighted by atomic mass is 16.4. The molecule has 6 heteroatoms. The van der Waals surface area contributed by atoms with Crippen LogP contribution in [-0.4, -0.2) is 17.0 Å². The lowest BCUT2D eigenvalue weighted by Gasteiger charge is -2.05. The molecule has 3 rings (SSSR count). The van der Waals surface area contributed by atoms with Crippen molar-refractivity contribution in [1.82, 2.24) is 5.32 Å². The normalized spacial score (nSPS) is 10.4. The van der Waals surface area contributed by atoms with Crippen LogP contribution in [0.3, 0.4) is 0 Å². The third-order valence-corrected chi connectivity index (χ3v) is 3.23. The van der Waals surface area contributed by atoms with Gasteiger partial charge in [-0.15, -0.1) is 0 Å². The highest BCUT2D eigenvalue weighted by Crippen LogP contribution is 2.20. The number of rotatable bonds is 5. The van der Waals surface area contributed by atoms with E-state index in [9.17, 15) is 9.59 Å². The molecule has 0 aliphatic rings. The topological polar surface area (TPSA) is 92.7 Å². The fourth-order valence-electron chi connectivity index (χ4n) is 2.11. The van der Waals surface area contributed by atoms with Gasteiger partial charge in [-0.2, -0.15) is 0 Å². The van der Waals surface area contributed by atoms with Gasteiger partial charge in [0.05, 0.1) is 12.8 Å². The zero-order valence-corrected chi connectivity index (χ0v) is 12.0. The van der Waals surface area contributed by atoms with Crippen LogP contribution in [0.4, 0.5) is 0 Å². The van der Waals surface area contributed by atoms with Crippen molar-refractivity contribution in [2.75, 3.05) is 0 Å². The lowest BCUT2D eigenvalue weighted by atomic mass is 10.1. The van der Waals surface area contributed by atoms with E-state index in [-0.39, 0.29) is 18.2 Å². The van der Waals surface area contributed by atoms with Gasteiger partial charge in [-0.1, -0.05) is 12.1 Å². The van der Waals surface area contributed by atoms with E-state index in [1.54, 1.807) is 30.5 Å². The first-order valence-electron chi connectivity index (χ1n) is 6.87. The second kappa shape index (κ2) is 6.23. The average Bonchev–Trinajstić information content (AvgIpc) is 3.24. The molecule has 0 saturated heterocycles. The van der Waals surface area contributed by atoms with E-state index in [1.807, 2.05) is 12.1 Å². The molecule has 1 aromatic carbocycles. The van der Waals surface area contributed by atoms with E-state index in [0.29, 0.717) is 17.1 Å². The Morgan fingerprint density at radius 1 is 1.09 bits per heavy atom. The molecule has 23 heavy (non-hydrogen) atoms. The summed E-state index contributed by atoms with van der Waals surface area (Å²) in [5, 5.41) is 11.5. The van der Waals surface area contributed by atoms with Crippen molar-refractivity contribution in [3.8, 4) is 11.3 Å². The fourth-order valence-corrected chi connectivity index (χ4v) is 2.11. The Labute approximate surface area is 131 Å². The van der Waals surface area contributed by atoms with E-state index >= 15 is 0 Å². The molecule has 3 aromatic rings. The Hall–Kier alpha value is -3.28. The van der Waals surface area contributed by atoms with Crippen molar-refractivity contribution >= 4 is 11.9 Å². The molecule has 0 fully saturated rings. The summed E-state index contributed by atoms with van der Waals surface area (Å²) in [5.74, 6) is -0.538. The zero-order chi connectivity index (χ0) is 16.2. The van der Waals surface area contributed by atoms with Gasteiger partial charge in [0, 0.05) is 11.1 Å². The number of carbonyl (C=O) groups excluding carboxylic acids is 1. The second-order valence-electron chi connectivity index (χ2n) is 4.81.